The summed E-state index contributed by atoms with van der Waals surface area (Å²) >= 11 is 5.83. The van der Waals surface area contributed by atoms with Crippen molar-refractivity contribution in [2.75, 3.05) is 23.3 Å². The maximum atomic E-state index is 5.83. The molecule has 1 aliphatic rings. The third-order valence-corrected chi connectivity index (χ3v) is 3.39. The number of halogens is 1. The van der Waals surface area contributed by atoms with Crippen LogP contribution in [0.25, 0.3) is 0 Å². The molecule has 0 unspecified atom stereocenters. The number of nitrogens with zero attached hydrogens (tertiary/aromatic N) is 3. The minimum atomic E-state index is 0.516. The molecule has 0 saturated carbocycles. The normalized spacial score (nSPS) is 14.9. The number of hydrogen-bond donors (Lipinski definition) is 1. The van der Waals surface area contributed by atoms with Gasteiger partial charge in [0.15, 0.2) is 0 Å². The predicted octanol–water partition coefficient (Wildman–Crippen LogP) is 2.94. The van der Waals surface area contributed by atoms with Crippen LogP contribution in [0.4, 0.5) is 11.6 Å². The summed E-state index contributed by atoms with van der Waals surface area (Å²) in [7, 11) is 0. The van der Waals surface area contributed by atoms with Crippen LogP contribution in [-0.4, -0.2) is 23.2 Å². The van der Waals surface area contributed by atoms with E-state index in [9.17, 15) is 0 Å². The second-order valence-corrected chi connectivity index (χ2v) is 4.98. The fourth-order valence-corrected chi connectivity index (χ4v) is 2.23. The zero-order valence-corrected chi connectivity index (χ0v) is 11.2. The Morgan fingerprint density at radius 2 is 1.95 bits per heavy atom. The summed E-state index contributed by atoms with van der Waals surface area (Å²) in [6.45, 7) is 2.55. The van der Waals surface area contributed by atoms with Crippen LogP contribution < -0.4 is 10.2 Å². The monoisotopic (exact) mass is 278 g/mol. The molecule has 1 aromatic carbocycles. The van der Waals surface area contributed by atoms with E-state index in [4.69, 9.17) is 16.1 Å². The molecule has 0 atom stereocenters. The molecule has 1 aliphatic heterocycles. The van der Waals surface area contributed by atoms with Crippen LogP contribution >= 0.6 is 11.6 Å². The number of aromatic nitrogens is 2. The first-order valence-electron chi connectivity index (χ1n) is 6.38. The highest BCUT2D eigenvalue weighted by atomic mass is 35.5. The summed E-state index contributed by atoms with van der Waals surface area (Å²) in [5, 5.41) is 7.94. The van der Waals surface area contributed by atoms with Gasteiger partial charge in [-0.05, 0) is 42.3 Å². The summed E-state index contributed by atoms with van der Waals surface area (Å²) in [6, 6.07) is 7.51. The van der Waals surface area contributed by atoms with Gasteiger partial charge in [-0.15, -0.1) is 0 Å². The van der Waals surface area contributed by atoms with Crippen LogP contribution in [0.2, 0.25) is 5.02 Å². The Hall–Kier alpha value is -1.75. The van der Waals surface area contributed by atoms with E-state index < -0.39 is 0 Å². The van der Waals surface area contributed by atoms with Crippen LogP contribution in [0.1, 0.15) is 18.7 Å². The van der Waals surface area contributed by atoms with Gasteiger partial charge in [0, 0.05) is 23.8 Å². The molecule has 1 N–H and O–H groups in total. The summed E-state index contributed by atoms with van der Waals surface area (Å²) in [4.78, 5) is 6.53. The molecule has 5 nitrogen and oxygen atoms in total. The van der Waals surface area contributed by atoms with Crippen molar-refractivity contribution in [1.29, 1.82) is 0 Å². The predicted molar refractivity (Wildman–Crippen MR) is 74.5 cm³/mol. The van der Waals surface area contributed by atoms with Gasteiger partial charge in [0.1, 0.15) is 0 Å². The summed E-state index contributed by atoms with van der Waals surface area (Å²) in [5.74, 6) is 1.29. The summed E-state index contributed by atoms with van der Waals surface area (Å²) in [5.41, 5.74) is 0.977. The summed E-state index contributed by atoms with van der Waals surface area (Å²) < 4.78 is 5.23. The Bertz CT molecular complexity index is 534. The van der Waals surface area contributed by atoms with Crippen LogP contribution in [0.3, 0.4) is 0 Å². The van der Waals surface area contributed by atoms with Crippen LogP contribution in [0, 0.1) is 0 Å². The van der Waals surface area contributed by atoms with Gasteiger partial charge in [0.25, 0.3) is 5.95 Å². The molecule has 2 aromatic rings. The first kappa shape index (κ1) is 12.3. The van der Waals surface area contributed by atoms with Gasteiger partial charge in [0.05, 0.1) is 6.54 Å². The van der Waals surface area contributed by atoms with E-state index in [1.54, 1.807) is 0 Å². The average molecular weight is 279 g/mol. The van der Waals surface area contributed by atoms with Crippen molar-refractivity contribution >= 4 is 23.2 Å². The average Bonchev–Trinajstić information content (AvgIpc) is 3.09. The third kappa shape index (κ3) is 2.98. The molecule has 2 heterocycles. The smallest absolute Gasteiger partial charge is 0.266 e. The molecule has 1 saturated heterocycles. The Labute approximate surface area is 116 Å². The first-order chi connectivity index (χ1) is 9.31. The lowest BCUT2D eigenvalue weighted by Crippen LogP contribution is -2.18. The molecular formula is C13H15ClN4O. The maximum absolute atomic E-state index is 5.83. The molecule has 0 radical (unpaired) electrons. The van der Waals surface area contributed by atoms with Gasteiger partial charge in [-0.3, -0.25) is 0 Å². The topological polar surface area (TPSA) is 54.2 Å². The van der Waals surface area contributed by atoms with E-state index in [-0.39, 0.29) is 0 Å². The first-order valence-corrected chi connectivity index (χ1v) is 6.76. The number of benzene rings is 1. The van der Waals surface area contributed by atoms with Gasteiger partial charge in [-0.25, -0.2) is 0 Å². The Morgan fingerprint density at radius 3 is 2.68 bits per heavy atom. The number of rotatable bonds is 4. The van der Waals surface area contributed by atoms with Gasteiger partial charge in [0.2, 0.25) is 5.89 Å². The van der Waals surface area contributed by atoms with E-state index >= 15 is 0 Å². The Balaban J connectivity index is 1.59. The lowest BCUT2D eigenvalue weighted by atomic mass is 10.3. The second kappa shape index (κ2) is 5.48. The minimum absolute atomic E-state index is 0.516. The third-order valence-electron chi connectivity index (χ3n) is 3.13. The van der Waals surface area contributed by atoms with Gasteiger partial charge in [-0.2, -0.15) is 4.98 Å². The summed E-state index contributed by atoms with van der Waals surface area (Å²) in [6.07, 6.45) is 2.40. The van der Waals surface area contributed by atoms with Crippen molar-refractivity contribution in [3.8, 4) is 0 Å². The van der Waals surface area contributed by atoms with Crippen molar-refractivity contribution in [2.45, 2.75) is 19.4 Å². The number of hydrogen-bond acceptors (Lipinski definition) is 5. The molecule has 100 valence electrons. The Morgan fingerprint density at radius 1 is 1.21 bits per heavy atom. The molecule has 6 heteroatoms. The molecule has 0 amide bonds. The minimum Gasteiger partial charge on any atom is -0.376 e. The van der Waals surface area contributed by atoms with Crippen LogP contribution in [0.15, 0.2) is 28.8 Å². The van der Waals surface area contributed by atoms with Crippen molar-refractivity contribution in [2.24, 2.45) is 0 Å². The number of anilines is 2. The van der Waals surface area contributed by atoms with E-state index in [0.717, 1.165) is 23.8 Å². The zero-order valence-electron chi connectivity index (χ0n) is 10.5. The lowest BCUT2D eigenvalue weighted by Gasteiger charge is -2.09. The largest absolute Gasteiger partial charge is 0.376 e. The molecule has 0 aliphatic carbocycles. The lowest BCUT2D eigenvalue weighted by molar-refractivity contribution is 0.383. The van der Waals surface area contributed by atoms with Gasteiger partial charge >= 0.3 is 0 Å². The van der Waals surface area contributed by atoms with E-state index in [1.807, 2.05) is 24.3 Å². The zero-order chi connectivity index (χ0) is 13.1. The van der Waals surface area contributed by atoms with E-state index in [0.29, 0.717) is 18.4 Å². The molecule has 0 bridgehead atoms. The molecule has 1 fully saturated rings. The molecule has 1 aromatic heterocycles. The quantitative estimate of drug-likeness (QED) is 0.932. The molecule has 3 rings (SSSR count). The maximum Gasteiger partial charge on any atom is 0.266 e. The Kier molecular flexibility index (Phi) is 3.55. The van der Waals surface area contributed by atoms with E-state index in [1.165, 1.54) is 12.8 Å². The molecular weight excluding hydrogens is 264 g/mol. The standard InChI is InChI=1S/C13H15ClN4O/c14-10-3-5-11(6-4-10)15-9-12-16-13(17-19-12)18-7-1-2-8-18/h3-6,15H,1-2,7-9H2. The highest BCUT2D eigenvalue weighted by Gasteiger charge is 2.17. The van der Waals surface area contributed by atoms with Crippen LogP contribution in [-0.2, 0) is 6.54 Å². The highest BCUT2D eigenvalue weighted by molar-refractivity contribution is 6.30. The van der Waals surface area contributed by atoms with Gasteiger partial charge < -0.3 is 14.7 Å². The van der Waals surface area contributed by atoms with Crippen molar-refractivity contribution in [3.63, 3.8) is 0 Å². The molecule has 0 spiro atoms. The van der Waals surface area contributed by atoms with Crippen molar-refractivity contribution in [3.05, 3.63) is 35.2 Å². The fourth-order valence-electron chi connectivity index (χ4n) is 2.11. The van der Waals surface area contributed by atoms with Crippen molar-refractivity contribution < 1.29 is 4.52 Å². The number of nitrogens with one attached hydrogen (secondary N) is 1. The SMILES string of the molecule is Clc1ccc(NCc2nc(N3CCCC3)no2)cc1. The fraction of sp³-hybridized carbons (Fsp3) is 0.385. The second-order valence-electron chi connectivity index (χ2n) is 4.54. The molecule has 19 heavy (non-hydrogen) atoms. The highest BCUT2D eigenvalue weighted by Crippen LogP contribution is 2.17. The van der Waals surface area contributed by atoms with E-state index in [2.05, 4.69) is 20.4 Å². The van der Waals surface area contributed by atoms with Crippen molar-refractivity contribution in [1.82, 2.24) is 10.1 Å². The van der Waals surface area contributed by atoms with Crippen LogP contribution in [0.5, 0.6) is 0 Å². The van der Waals surface area contributed by atoms with Gasteiger partial charge in [-0.1, -0.05) is 11.6 Å².